The number of carbonyl (C=O) groups is 1. The van der Waals surface area contributed by atoms with Gasteiger partial charge in [0.25, 0.3) is 0 Å². The van der Waals surface area contributed by atoms with E-state index in [1.165, 1.54) is 0 Å². The third-order valence-electron chi connectivity index (χ3n) is 3.44. The second-order valence-corrected chi connectivity index (χ2v) is 5.52. The van der Waals surface area contributed by atoms with Crippen LogP contribution in [-0.2, 0) is 11.4 Å². The number of benzene rings is 2. The van der Waals surface area contributed by atoms with Crippen LogP contribution in [0.5, 0.6) is 11.5 Å². The number of alkyl halides is 1. The molecule has 0 bridgehead atoms. The summed E-state index contributed by atoms with van der Waals surface area (Å²) in [6, 6.07) is 15.6. The number of halogens is 1. The van der Waals surface area contributed by atoms with E-state index in [9.17, 15) is 4.79 Å². The summed E-state index contributed by atoms with van der Waals surface area (Å²) in [5, 5.41) is 0.296. The summed E-state index contributed by atoms with van der Waals surface area (Å²) < 4.78 is 11.6. The van der Waals surface area contributed by atoms with Crippen LogP contribution in [0.2, 0.25) is 0 Å². The topological polar surface area (TPSA) is 35.5 Å². The van der Waals surface area contributed by atoms with Crippen molar-refractivity contribution in [2.24, 2.45) is 0 Å². The van der Waals surface area contributed by atoms with Gasteiger partial charge in [-0.05, 0) is 23.8 Å². The van der Waals surface area contributed by atoms with Gasteiger partial charge in [-0.25, -0.2) is 0 Å². The number of Topliss-reactive ketones (excluding diaryl/α,β-unsaturated/α-hetero) is 1. The van der Waals surface area contributed by atoms with Crippen molar-refractivity contribution < 1.29 is 14.3 Å². The first kappa shape index (κ1) is 14.9. The highest BCUT2D eigenvalue weighted by Gasteiger charge is 2.19. The summed E-state index contributed by atoms with van der Waals surface area (Å²) in [4.78, 5) is 11.8. The highest BCUT2D eigenvalue weighted by atomic mass is 79.9. The molecule has 0 fully saturated rings. The van der Waals surface area contributed by atoms with Gasteiger partial charge in [0.15, 0.2) is 5.78 Å². The zero-order valence-electron chi connectivity index (χ0n) is 11.9. The van der Waals surface area contributed by atoms with Gasteiger partial charge in [0.05, 0.1) is 10.9 Å². The molecule has 0 atom stereocenters. The number of fused-ring (bicyclic) bond motifs is 1. The molecule has 3 nitrogen and oxygen atoms in total. The van der Waals surface area contributed by atoms with Crippen molar-refractivity contribution in [3.05, 3.63) is 65.2 Å². The summed E-state index contributed by atoms with van der Waals surface area (Å²) in [6.45, 7) is 0.784. The Kier molecular flexibility index (Phi) is 4.59. The molecule has 2 aromatic carbocycles. The molecular weight excluding hydrogens is 344 g/mol. The van der Waals surface area contributed by atoms with E-state index in [1.807, 2.05) is 54.6 Å². The number of ether oxygens (including phenoxy) is 2. The van der Waals surface area contributed by atoms with Gasteiger partial charge < -0.3 is 9.47 Å². The van der Waals surface area contributed by atoms with Gasteiger partial charge in [-0.1, -0.05) is 52.3 Å². The molecule has 0 saturated carbocycles. The van der Waals surface area contributed by atoms with Gasteiger partial charge in [0.1, 0.15) is 24.7 Å². The highest BCUT2D eigenvalue weighted by Crippen LogP contribution is 2.34. The first-order valence-corrected chi connectivity index (χ1v) is 8.12. The van der Waals surface area contributed by atoms with Gasteiger partial charge in [-0.2, -0.15) is 0 Å². The Bertz CT molecular complexity index is 708. The molecule has 22 heavy (non-hydrogen) atoms. The summed E-state index contributed by atoms with van der Waals surface area (Å²) in [6.07, 6.45) is 1.86. The van der Waals surface area contributed by atoms with E-state index in [2.05, 4.69) is 15.9 Å². The summed E-state index contributed by atoms with van der Waals surface area (Å²) in [7, 11) is 0. The molecule has 0 aliphatic carbocycles. The van der Waals surface area contributed by atoms with Gasteiger partial charge in [-0.3, -0.25) is 4.79 Å². The lowest BCUT2D eigenvalue weighted by molar-refractivity contribution is -0.113. The average Bonchev–Trinajstić information content (AvgIpc) is 2.59. The van der Waals surface area contributed by atoms with Gasteiger partial charge >= 0.3 is 0 Å². The van der Waals surface area contributed by atoms with E-state index in [0.717, 1.165) is 22.6 Å². The van der Waals surface area contributed by atoms with E-state index in [4.69, 9.17) is 9.47 Å². The standard InChI is InChI=1S/C18H15BrO3/c19-10-16(20)14-9-15-17(7-4-8-18(15)22-12-14)21-11-13-5-2-1-3-6-13/h1-9H,10-12H2. The zero-order valence-corrected chi connectivity index (χ0v) is 13.5. The second-order valence-electron chi connectivity index (χ2n) is 4.96. The normalized spacial score (nSPS) is 12.9. The van der Waals surface area contributed by atoms with Crippen LogP contribution < -0.4 is 9.47 Å². The van der Waals surface area contributed by atoms with Crippen LogP contribution in [0.15, 0.2) is 54.1 Å². The number of ketones is 1. The molecule has 112 valence electrons. The third kappa shape index (κ3) is 3.22. The third-order valence-corrected chi connectivity index (χ3v) is 3.95. The van der Waals surface area contributed by atoms with Crippen LogP contribution in [0, 0.1) is 0 Å². The molecule has 0 aromatic heterocycles. The van der Waals surface area contributed by atoms with Crippen LogP contribution in [0.3, 0.4) is 0 Å². The predicted octanol–water partition coefficient (Wildman–Crippen LogP) is 4.01. The van der Waals surface area contributed by atoms with Crippen LogP contribution in [0.1, 0.15) is 11.1 Å². The molecule has 1 aliphatic heterocycles. The number of carbonyl (C=O) groups excluding carboxylic acids is 1. The molecule has 0 spiro atoms. The number of rotatable bonds is 5. The van der Waals surface area contributed by atoms with Gasteiger partial charge in [0.2, 0.25) is 0 Å². The van der Waals surface area contributed by atoms with E-state index >= 15 is 0 Å². The van der Waals surface area contributed by atoms with Gasteiger partial charge in [0, 0.05) is 5.57 Å². The fraction of sp³-hybridized carbons (Fsp3) is 0.167. The van der Waals surface area contributed by atoms with Crippen molar-refractivity contribution in [2.75, 3.05) is 11.9 Å². The molecule has 0 N–H and O–H groups in total. The largest absolute Gasteiger partial charge is 0.488 e. The van der Waals surface area contributed by atoms with Gasteiger partial charge in [-0.15, -0.1) is 0 Å². The molecule has 2 aromatic rings. The van der Waals surface area contributed by atoms with Crippen molar-refractivity contribution in [3.8, 4) is 11.5 Å². The molecule has 0 radical (unpaired) electrons. The maximum atomic E-state index is 11.8. The van der Waals surface area contributed by atoms with Crippen molar-refractivity contribution in [1.29, 1.82) is 0 Å². The number of hydrogen-bond acceptors (Lipinski definition) is 3. The van der Waals surface area contributed by atoms with E-state index in [0.29, 0.717) is 24.1 Å². The summed E-state index contributed by atoms with van der Waals surface area (Å²) in [5.74, 6) is 1.50. The molecule has 1 aliphatic rings. The van der Waals surface area contributed by atoms with E-state index in [-0.39, 0.29) is 5.78 Å². The zero-order chi connectivity index (χ0) is 15.4. The molecular formula is C18H15BrO3. The highest BCUT2D eigenvalue weighted by molar-refractivity contribution is 9.09. The molecule has 0 amide bonds. The minimum absolute atomic E-state index is 0.0310. The smallest absolute Gasteiger partial charge is 0.172 e. The Morgan fingerprint density at radius 3 is 2.73 bits per heavy atom. The predicted molar refractivity (Wildman–Crippen MR) is 89.5 cm³/mol. The van der Waals surface area contributed by atoms with E-state index in [1.54, 1.807) is 0 Å². The van der Waals surface area contributed by atoms with Crippen LogP contribution in [0.25, 0.3) is 6.08 Å². The van der Waals surface area contributed by atoms with Crippen molar-refractivity contribution in [3.63, 3.8) is 0 Å². The Hall–Kier alpha value is -2.07. The van der Waals surface area contributed by atoms with Crippen molar-refractivity contribution >= 4 is 27.8 Å². The monoisotopic (exact) mass is 358 g/mol. The average molecular weight is 359 g/mol. The Morgan fingerprint density at radius 2 is 1.95 bits per heavy atom. The molecule has 3 rings (SSSR count). The fourth-order valence-electron chi connectivity index (χ4n) is 2.27. The van der Waals surface area contributed by atoms with Crippen molar-refractivity contribution in [2.45, 2.75) is 6.61 Å². The lowest BCUT2D eigenvalue weighted by Gasteiger charge is -2.19. The second kappa shape index (κ2) is 6.79. The van der Waals surface area contributed by atoms with Crippen molar-refractivity contribution in [1.82, 2.24) is 0 Å². The quantitative estimate of drug-likeness (QED) is 0.757. The maximum absolute atomic E-state index is 11.8. The number of hydrogen-bond donors (Lipinski definition) is 0. The minimum atomic E-state index is 0.0310. The fourth-order valence-corrected chi connectivity index (χ4v) is 2.63. The lowest BCUT2D eigenvalue weighted by Crippen LogP contribution is -2.16. The van der Waals surface area contributed by atoms with Crippen LogP contribution in [-0.4, -0.2) is 17.7 Å². The first-order chi connectivity index (χ1) is 10.8. The van der Waals surface area contributed by atoms with Crippen LogP contribution in [0.4, 0.5) is 0 Å². The Morgan fingerprint density at radius 1 is 1.14 bits per heavy atom. The Balaban J connectivity index is 1.85. The molecule has 4 heteroatoms. The molecule has 0 saturated heterocycles. The first-order valence-electron chi connectivity index (χ1n) is 7.00. The minimum Gasteiger partial charge on any atom is -0.488 e. The molecule has 1 heterocycles. The SMILES string of the molecule is O=C(CBr)C1=Cc2c(cccc2OCc2ccccc2)OC1. The Labute approximate surface area is 137 Å². The maximum Gasteiger partial charge on any atom is 0.172 e. The van der Waals surface area contributed by atoms with Crippen LogP contribution >= 0.6 is 15.9 Å². The summed E-state index contributed by atoms with van der Waals surface area (Å²) in [5.41, 5.74) is 2.58. The summed E-state index contributed by atoms with van der Waals surface area (Å²) >= 11 is 3.19. The lowest BCUT2D eigenvalue weighted by atomic mass is 10.0. The van der Waals surface area contributed by atoms with E-state index < -0.39 is 0 Å². The molecule has 0 unspecified atom stereocenters.